The molecule has 14 rings (SSSR count). The van der Waals surface area contributed by atoms with Gasteiger partial charge in [-0.25, -0.2) is 4.98 Å². The summed E-state index contributed by atoms with van der Waals surface area (Å²) in [5, 5.41) is 15.9. The molecular weight excluding hydrogens is 995 g/mol. The first kappa shape index (κ1) is 42.6. The molecule has 5 heterocycles. The second-order valence-electron chi connectivity index (χ2n) is 17.9. The van der Waals surface area contributed by atoms with Crippen LogP contribution in [0.5, 0.6) is 0 Å². The predicted octanol–water partition coefficient (Wildman–Crippen LogP) is 9.54. The molecule has 0 amide bonds. The van der Waals surface area contributed by atoms with E-state index in [1.807, 2.05) is 23.7 Å². The Balaban J connectivity index is 0.00000480. The smallest absolute Gasteiger partial charge is 0.340 e. The zero-order valence-electron chi connectivity index (χ0n) is 37.6. The molecule has 0 saturated carbocycles. The van der Waals surface area contributed by atoms with E-state index >= 15 is 0 Å². The Morgan fingerprint density at radius 1 is 0.471 bits per heavy atom. The van der Waals surface area contributed by atoms with Gasteiger partial charge in [-0.1, -0.05) is 181 Å². The standard InChI is InChI=1S/C62H40N4SSi2.Pd/c1-5-20-44(21-6-1)68(45-22-7-2-8-23-45,49-34-35-50-51-29-13-15-31-55(51)65-38-37-64-61(65)54(50)40-49)48-28-17-19-43(39-48)66-56-42-58-53(52-30-14-16-32-57(52)67-58)41-60(56)69(46-24-9-3-10-25-46,47-26-11-4-12-27-47)59-33-18-36-63-62(59)66;/h1-38,41-42H;/q-2;+2. The van der Waals surface area contributed by atoms with Gasteiger partial charge < -0.3 is 9.30 Å². The van der Waals surface area contributed by atoms with Gasteiger partial charge in [0.2, 0.25) is 0 Å². The SMILES string of the molecule is [Pd+2].[c-]1c(N2c3cc4sc5ccccc5c4cc3[Si](c3ccccc3)(c3ccccc3)c3cccnc32)cccc1[Si](c1[c-]c2c(cc1)c1ccccc1n1ccnc21)(c1ccccc1)c1ccccc1. The molecule has 1 aliphatic heterocycles. The van der Waals surface area contributed by atoms with Crippen LogP contribution >= 0.6 is 11.3 Å². The van der Waals surface area contributed by atoms with Gasteiger partial charge in [0.15, 0.2) is 8.07 Å². The minimum atomic E-state index is -3.21. The molecule has 0 bridgehead atoms. The van der Waals surface area contributed by atoms with Crippen molar-refractivity contribution in [2.75, 3.05) is 4.90 Å². The van der Waals surface area contributed by atoms with Gasteiger partial charge in [0.1, 0.15) is 13.9 Å². The molecule has 0 atom stereocenters. The minimum absolute atomic E-state index is 0. The minimum Gasteiger partial charge on any atom is -0.340 e. The van der Waals surface area contributed by atoms with Crippen molar-refractivity contribution in [2.24, 2.45) is 0 Å². The van der Waals surface area contributed by atoms with E-state index in [0.717, 1.165) is 49.5 Å². The van der Waals surface area contributed by atoms with Gasteiger partial charge in [0.25, 0.3) is 0 Å². The fourth-order valence-corrected chi connectivity index (χ4v) is 22.3. The topological polar surface area (TPSA) is 33.4 Å². The summed E-state index contributed by atoms with van der Waals surface area (Å²) in [6, 6.07) is 91.4. The Morgan fingerprint density at radius 3 is 1.84 bits per heavy atom. The van der Waals surface area contributed by atoms with Crippen molar-refractivity contribution >= 4 is 134 Å². The molecule has 4 nitrogen and oxygen atoms in total. The number of thiophene rings is 1. The van der Waals surface area contributed by atoms with E-state index in [1.54, 1.807) is 0 Å². The molecule has 0 saturated heterocycles. The fraction of sp³-hybridized carbons (Fsp3) is 0. The second-order valence-corrected chi connectivity index (χ2v) is 26.4. The molecule has 0 spiro atoms. The number of rotatable bonds is 7. The van der Waals surface area contributed by atoms with E-state index in [1.165, 1.54) is 56.7 Å². The molecule has 332 valence electrons. The van der Waals surface area contributed by atoms with Crippen LogP contribution in [0.3, 0.4) is 0 Å². The Labute approximate surface area is 425 Å². The van der Waals surface area contributed by atoms with Crippen molar-refractivity contribution in [3.8, 4) is 0 Å². The number of nitrogens with zero attached hydrogens (tertiary/aromatic N) is 4. The molecule has 0 aliphatic carbocycles. The first-order valence-corrected chi connectivity index (χ1v) is 28.2. The molecule has 1 aliphatic rings. The Bertz CT molecular complexity index is 4030. The van der Waals surface area contributed by atoms with Crippen molar-refractivity contribution in [3.05, 3.63) is 255 Å². The van der Waals surface area contributed by atoms with E-state index in [4.69, 9.17) is 9.97 Å². The number of aromatic nitrogens is 3. The summed E-state index contributed by atoms with van der Waals surface area (Å²) in [4.78, 5) is 12.8. The van der Waals surface area contributed by atoms with Crippen LogP contribution < -0.4 is 46.4 Å². The number of hydrogen-bond acceptors (Lipinski definition) is 4. The number of imidazole rings is 1. The van der Waals surface area contributed by atoms with E-state index < -0.39 is 16.1 Å². The molecule has 0 fully saturated rings. The van der Waals surface area contributed by atoms with Crippen molar-refractivity contribution < 1.29 is 20.4 Å². The van der Waals surface area contributed by atoms with E-state index in [9.17, 15) is 0 Å². The van der Waals surface area contributed by atoms with Gasteiger partial charge in [0, 0.05) is 50.0 Å². The van der Waals surface area contributed by atoms with E-state index in [2.05, 4.69) is 252 Å². The van der Waals surface area contributed by atoms with Crippen LogP contribution in [0.15, 0.2) is 243 Å². The van der Waals surface area contributed by atoms with Crippen LogP contribution in [0.4, 0.5) is 17.2 Å². The molecule has 8 heteroatoms. The van der Waals surface area contributed by atoms with Crippen LogP contribution in [0.2, 0.25) is 0 Å². The van der Waals surface area contributed by atoms with E-state index in [0.29, 0.717) is 0 Å². The zero-order valence-corrected chi connectivity index (χ0v) is 42.0. The first-order valence-electron chi connectivity index (χ1n) is 23.4. The van der Waals surface area contributed by atoms with Crippen molar-refractivity contribution in [1.29, 1.82) is 0 Å². The van der Waals surface area contributed by atoms with Gasteiger partial charge in [-0.3, -0.25) is 4.98 Å². The number of benzene rings is 9. The second kappa shape index (κ2) is 16.9. The average molecular weight is 1040 g/mol. The molecule has 0 N–H and O–H groups in total. The van der Waals surface area contributed by atoms with Gasteiger partial charge in [-0.2, -0.15) is 23.4 Å². The average Bonchev–Trinajstić information content (AvgIpc) is 4.07. The van der Waals surface area contributed by atoms with Crippen LogP contribution in [0.25, 0.3) is 47.5 Å². The molecule has 0 radical (unpaired) electrons. The quantitative estimate of drug-likeness (QED) is 0.0691. The summed E-state index contributed by atoms with van der Waals surface area (Å²) >= 11 is 1.86. The third-order valence-electron chi connectivity index (χ3n) is 14.5. The first-order chi connectivity index (χ1) is 34.2. The van der Waals surface area contributed by atoms with Crippen LogP contribution in [-0.2, 0) is 20.4 Å². The Morgan fingerprint density at radius 2 is 1.11 bits per heavy atom. The molecule has 70 heavy (non-hydrogen) atoms. The molecular formula is C62H40N4PdSSi2. The maximum atomic E-state index is 5.43. The number of para-hydroxylation sites is 1. The zero-order chi connectivity index (χ0) is 45.5. The van der Waals surface area contributed by atoms with Gasteiger partial charge in [0.05, 0.1) is 5.65 Å². The molecule has 4 aromatic heterocycles. The summed E-state index contributed by atoms with van der Waals surface area (Å²) in [5.74, 6) is 0.941. The largest absolute Gasteiger partial charge is 2.00 e. The normalized spacial score (nSPS) is 13.1. The summed E-state index contributed by atoms with van der Waals surface area (Å²) < 4.78 is 4.74. The van der Waals surface area contributed by atoms with Crippen LogP contribution in [0.1, 0.15) is 0 Å². The predicted molar refractivity (Wildman–Crippen MR) is 294 cm³/mol. The number of anilines is 3. The maximum Gasteiger partial charge on any atom is 2.00 e. The summed E-state index contributed by atoms with van der Waals surface area (Å²) in [6.45, 7) is 0. The Kier molecular flexibility index (Phi) is 10.2. The van der Waals surface area contributed by atoms with Gasteiger partial charge in [-0.15, -0.1) is 46.2 Å². The summed E-state index contributed by atoms with van der Waals surface area (Å²) in [6.07, 6.45) is 5.93. The van der Waals surface area contributed by atoms with Crippen LogP contribution in [0, 0.1) is 12.1 Å². The third-order valence-corrected chi connectivity index (χ3v) is 25.0. The fourth-order valence-electron chi connectivity index (χ4n) is 11.6. The van der Waals surface area contributed by atoms with Crippen molar-refractivity contribution in [2.45, 2.75) is 0 Å². The third kappa shape index (κ3) is 6.15. The van der Waals surface area contributed by atoms with Crippen molar-refractivity contribution in [3.63, 3.8) is 0 Å². The number of hydrogen-bond donors (Lipinski definition) is 0. The number of pyridine rings is 2. The summed E-state index contributed by atoms with van der Waals surface area (Å²) in [7, 11) is -6.23. The van der Waals surface area contributed by atoms with E-state index in [-0.39, 0.29) is 20.4 Å². The van der Waals surface area contributed by atoms with Gasteiger partial charge in [-0.05, 0) is 60.8 Å². The maximum absolute atomic E-state index is 5.43. The van der Waals surface area contributed by atoms with Crippen molar-refractivity contribution in [1.82, 2.24) is 14.4 Å². The van der Waals surface area contributed by atoms with Gasteiger partial charge >= 0.3 is 20.4 Å². The molecule has 13 aromatic rings. The van der Waals surface area contributed by atoms with Crippen LogP contribution in [-0.4, -0.2) is 30.5 Å². The monoisotopic (exact) mass is 1030 g/mol. The Hall–Kier alpha value is -7.54. The molecule has 0 unspecified atom stereocenters. The summed E-state index contributed by atoms with van der Waals surface area (Å²) in [5.41, 5.74) is 4.12. The number of fused-ring (bicyclic) bond motifs is 11. The molecule has 9 aromatic carbocycles.